The fourth-order valence-corrected chi connectivity index (χ4v) is 1.14. The van der Waals surface area contributed by atoms with E-state index in [9.17, 15) is 9.90 Å². The van der Waals surface area contributed by atoms with Crippen LogP contribution in [-0.4, -0.2) is 5.97 Å². The number of carbonyl (C=O) groups excluding carboxylic acids is 1. The van der Waals surface area contributed by atoms with Gasteiger partial charge >= 0.3 is 0 Å². The van der Waals surface area contributed by atoms with Gasteiger partial charge in [0.05, 0.1) is 0 Å². The van der Waals surface area contributed by atoms with Crippen LogP contribution in [0.25, 0.3) is 0 Å². The maximum Gasteiger partial charge on any atom is 0.0485 e. The highest BCUT2D eigenvalue weighted by molar-refractivity contribution is 5.71. The van der Waals surface area contributed by atoms with Gasteiger partial charge in [-0.25, -0.2) is 0 Å². The highest BCUT2D eigenvalue weighted by atomic mass is 16.4. The van der Waals surface area contributed by atoms with Crippen molar-refractivity contribution in [2.75, 3.05) is 0 Å². The molecule has 0 aromatic heterocycles. The lowest BCUT2D eigenvalue weighted by Crippen LogP contribution is -2.32. The quantitative estimate of drug-likeness (QED) is 0.565. The number of carbonyl (C=O) groups is 1. The van der Waals surface area contributed by atoms with Crippen molar-refractivity contribution in [3.8, 4) is 0 Å². The molecule has 1 unspecified atom stereocenters. The van der Waals surface area contributed by atoms with Crippen LogP contribution in [0.3, 0.4) is 0 Å². The third-order valence-electron chi connectivity index (χ3n) is 2.08. The van der Waals surface area contributed by atoms with Crippen LogP contribution in [0, 0.1) is 5.92 Å². The van der Waals surface area contributed by atoms with Gasteiger partial charge in [0, 0.05) is 11.9 Å². The van der Waals surface area contributed by atoms with E-state index in [0.717, 1.165) is 24.8 Å². The second-order valence-corrected chi connectivity index (χ2v) is 3.03. The van der Waals surface area contributed by atoms with Crippen molar-refractivity contribution in [1.29, 1.82) is 0 Å². The predicted molar refractivity (Wildman–Crippen MR) is 47.5 cm³/mol. The lowest BCUT2D eigenvalue weighted by Gasteiger charge is -2.19. The van der Waals surface area contributed by atoms with Crippen LogP contribution in [-0.2, 0) is 4.79 Å². The first-order valence-corrected chi connectivity index (χ1v) is 4.52. The average molecular weight is 169 g/mol. The van der Waals surface area contributed by atoms with Crippen LogP contribution < -0.4 is 5.11 Å². The van der Waals surface area contributed by atoms with Gasteiger partial charge in [0.1, 0.15) is 0 Å². The Morgan fingerprint density at radius 2 is 2.08 bits per heavy atom. The van der Waals surface area contributed by atoms with Crippen molar-refractivity contribution >= 4 is 5.97 Å². The lowest BCUT2D eigenvalue weighted by molar-refractivity contribution is -0.310. The Morgan fingerprint density at radius 3 is 2.42 bits per heavy atom. The number of aliphatic carboxylic acids is 1. The van der Waals surface area contributed by atoms with E-state index in [2.05, 4.69) is 6.58 Å². The predicted octanol–water partition coefficient (Wildman–Crippen LogP) is 1.51. The van der Waals surface area contributed by atoms with Crippen LogP contribution in [0.2, 0.25) is 0 Å². The van der Waals surface area contributed by atoms with E-state index in [4.69, 9.17) is 0 Å². The SMILES string of the molecule is C=C(CC)C(CCCC)C(=O)[O-]. The number of rotatable bonds is 6. The van der Waals surface area contributed by atoms with Crippen LogP contribution in [0.4, 0.5) is 0 Å². The van der Waals surface area contributed by atoms with Gasteiger partial charge < -0.3 is 9.90 Å². The summed E-state index contributed by atoms with van der Waals surface area (Å²) in [6, 6.07) is 0. The molecule has 2 nitrogen and oxygen atoms in total. The molecule has 0 heterocycles. The molecule has 0 aliphatic carbocycles. The van der Waals surface area contributed by atoms with Gasteiger partial charge in [-0.15, -0.1) is 0 Å². The fraction of sp³-hybridized carbons (Fsp3) is 0.700. The lowest BCUT2D eigenvalue weighted by atomic mass is 9.93. The third kappa shape index (κ3) is 3.56. The molecule has 1 atom stereocenters. The van der Waals surface area contributed by atoms with Crippen LogP contribution >= 0.6 is 0 Å². The summed E-state index contributed by atoms with van der Waals surface area (Å²) in [6.45, 7) is 7.69. The highest BCUT2D eigenvalue weighted by Crippen LogP contribution is 2.18. The zero-order valence-electron chi connectivity index (χ0n) is 7.93. The molecule has 2 heteroatoms. The summed E-state index contributed by atoms with van der Waals surface area (Å²) >= 11 is 0. The van der Waals surface area contributed by atoms with Crippen molar-refractivity contribution in [2.24, 2.45) is 5.92 Å². The Kier molecular flexibility index (Phi) is 5.43. The molecular weight excluding hydrogens is 152 g/mol. The molecule has 0 fully saturated rings. The maximum absolute atomic E-state index is 10.6. The first kappa shape index (κ1) is 11.2. The average Bonchev–Trinajstić information content (AvgIpc) is 2.04. The van der Waals surface area contributed by atoms with Crippen molar-refractivity contribution in [1.82, 2.24) is 0 Å². The molecule has 0 aliphatic heterocycles. The molecule has 0 saturated heterocycles. The van der Waals surface area contributed by atoms with Crippen LogP contribution in [0.5, 0.6) is 0 Å². The molecule has 70 valence electrons. The Bertz CT molecular complexity index is 161. The molecule has 0 amide bonds. The molecule has 0 spiro atoms. The van der Waals surface area contributed by atoms with Gasteiger partial charge in [0.2, 0.25) is 0 Å². The Labute approximate surface area is 74.3 Å². The van der Waals surface area contributed by atoms with Crippen molar-refractivity contribution in [2.45, 2.75) is 39.5 Å². The summed E-state index contributed by atoms with van der Waals surface area (Å²) in [6.07, 6.45) is 3.34. The maximum atomic E-state index is 10.6. The molecule has 0 aromatic carbocycles. The minimum absolute atomic E-state index is 0.435. The van der Waals surface area contributed by atoms with Crippen LogP contribution in [0.1, 0.15) is 39.5 Å². The minimum Gasteiger partial charge on any atom is -0.550 e. The summed E-state index contributed by atoms with van der Waals surface area (Å²) in [4.78, 5) is 10.6. The summed E-state index contributed by atoms with van der Waals surface area (Å²) in [5.41, 5.74) is 0.781. The molecule has 0 aliphatic rings. The number of hydrogen-bond acceptors (Lipinski definition) is 2. The molecule has 0 radical (unpaired) electrons. The van der Waals surface area contributed by atoms with Crippen molar-refractivity contribution in [3.05, 3.63) is 12.2 Å². The largest absolute Gasteiger partial charge is 0.550 e. The van der Waals surface area contributed by atoms with E-state index in [1.54, 1.807) is 0 Å². The molecule has 0 N–H and O–H groups in total. The number of unbranched alkanes of at least 4 members (excludes halogenated alkanes) is 1. The van der Waals surface area contributed by atoms with Gasteiger partial charge in [-0.1, -0.05) is 38.8 Å². The molecule has 0 aromatic rings. The minimum atomic E-state index is -0.977. The topological polar surface area (TPSA) is 40.1 Å². The van der Waals surface area contributed by atoms with Gasteiger partial charge in [0.25, 0.3) is 0 Å². The van der Waals surface area contributed by atoms with Crippen molar-refractivity contribution < 1.29 is 9.90 Å². The molecular formula is C10H17O2-. The van der Waals surface area contributed by atoms with Crippen LogP contribution in [0.15, 0.2) is 12.2 Å². The first-order valence-electron chi connectivity index (χ1n) is 4.52. The second-order valence-electron chi connectivity index (χ2n) is 3.03. The van der Waals surface area contributed by atoms with Gasteiger partial charge in [0.15, 0.2) is 0 Å². The summed E-state index contributed by atoms with van der Waals surface area (Å²) in [7, 11) is 0. The first-order chi connectivity index (χ1) is 5.63. The van der Waals surface area contributed by atoms with Crippen molar-refractivity contribution in [3.63, 3.8) is 0 Å². The fourth-order valence-electron chi connectivity index (χ4n) is 1.14. The van der Waals surface area contributed by atoms with E-state index in [0.29, 0.717) is 6.42 Å². The summed E-state index contributed by atoms with van der Waals surface area (Å²) in [5, 5.41) is 10.6. The second kappa shape index (κ2) is 5.81. The molecule has 12 heavy (non-hydrogen) atoms. The molecule has 0 rings (SSSR count). The Balaban J connectivity index is 4.04. The normalized spacial score (nSPS) is 12.5. The molecule has 0 saturated carbocycles. The highest BCUT2D eigenvalue weighted by Gasteiger charge is 2.11. The number of hydrogen-bond donors (Lipinski definition) is 0. The van der Waals surface area contributed by atoms with E-state index < -0.39 is 11.9 Å². The molecule has 0 bridgehead atoms. The summed E-state index contributed by atoms with van der Waals surface area (Å²) in [5.74, 6) is -1.41. The zero-order valence-corrected chi connectivity index (χ0v) is 7.93. The van der Waals surface area contributed by atoms with E-state index in [-0.39, 0.29) is 0 Å². The summed E-state index contributed by atoms with van der Waals surface area (Å²) < 4.78 is 0. The Morgan fingerprint density at radius 1 is 1.50 bits per heavy atom. The zero-order chi connectivity index (χ0) is 9.56. The monoisotopic (exact) mass is 169 g/mol. The van der Waals surface area contributed by atoms with E-state index in [1.165, 1.54) is 0 Å². The number of carboxylic acid groups (broad SMARTS) is 1. The Hall–Kier alpha value is -0.790. The van der Waals surface area contributed by atoms with Gasteiger partial charge in [-0.05, 0) is 12.8 Å². The van der Waals surface area contributed by atoms with E-state index in [1.807, 2.05) is 13.8 Å². The smallest absolute Gasteiger partial charge is 0.0485 e. The van der Waals surface area contributed by atoms with E-state index >= 15 is 0 Å². The number of carboxylic acids is 1. The standard InChI is InChI=1S/C10H18O2/c1-4-6-7-9(10(11)12)8(3)5-2/h9H,3-7H2,1-2H3,(H,11,12)/p-1. The van der Waals surface area contributed by atoms with Gasteiger partial charge in [-0.2, -0.15) is 0 Å². The van der Waals surface area contributed by atoms with Gasteiger partial charge in [-0.3, -0.25) is 0 Å². The third-order valence-corrected chi connectivity index (χ3v) is 2.08.